The van der Waals surface area contributed by atoms with Crippen LogP contribution >= 0.6 is 24.0 Å². The fraction of sp³-hybridized carbons (Fsp3) is 0.150. The monoisotopic (exact) mass is 399 g/mol. The summed E-state index contributed by atoms with van der Waals surface area (Å²) in [6.45, 7) is 4.23. The summed E-state index contributed by atoms with van der Waals surface area (Å²) < 4.78 is 0.326. The van der Waals surface area contributed by atoms with Crippen LogP contribution in [-0.2, 0) is 4.79 Å². The van der Waals surface area contributed by atoms with Crippen molar-refractivity contribution in [2.24, 2.45) is 0 Å². The summed E-state index contributed by atoms with van der Waals surface area (Å²) in [6.07, 6.45) is 1.77. The second-order valence-corrected chi connectivity index (χ2v) is 8.02. The van der Waals surface area contributed by atoms with Crippen molar-refractivity contribution in [3.8, 4) is 5.75 Å². The van der Waals surface area contributed by atoms with Crippen molar-refractivity contribution < 1.29 is 19.8 Å². The van der Waals surface area contributed by atoms with Gasteiger partial charge in [-0.25, -0.2) is 4.79 Å². The molecule has 0 atom stereocenters. The molecule has 2 N–H and O–H groups in total. The Balaban J connectivity index is 1.89. The van der Waals surface area contributed by atoms with Gasteiger partial charge in [0.15, 0.2) is 4.32 Å². The maximum atomic E-state index is 12.8. The lowest BCUT2D eigenvalue weighted by Gasteiger charge is -2.15. The molecule has 2 aromatic carbocycles. The molecule has 0 saturated carbocycles. The summed E-state index contributed by atoms with van der Waals surface area (Å²) in [6, 6.07) is 11.9. The zero-order valence-electron chi connectivity index (χ0n) is 14.7. The third-order valence-corrected chi connectivity index (χ3v) is 5.47. The number of carboxylic acid groups (broad SMARTS) is 1. The zero-order valence-corrected chi connectivity index (χ0v) is 16.3. The van der Waals surface area contributed by atoms with Crippen molar-refractivity contribution in [1.82, 2.24) is 0 Å². The molecule has 1 saturated heterocycles. The molecule has 138 valence electrons. The van der Waals surface area contributed by atoms with Crippen LogP contribution in [0.2, 0.25) is 0 Å². The minimum Gasteiger partial charge on any atom is -0.507 e. The van der Waals surface area contributed by atoms with Gasteiger partial charge >= 0.3 is 5.97 Å². The number of benzene rings is 2. The summed E-state index contributed by atoms with van der Waals surface area (Å²) in [5, 5.41) is 18.9. The number of carboxylic acids is 1. The number of thioether (sulfide) groups is 1. The van der Waals surface area contributed by atoms with E-state index in [1.165, 1.54) is 40.4 Å². The molecule has 0 aliphatic carbocycles. The first kappa shape index (κ1) is 19.1. The predicted molar refractivity (Wildman–Crippen MR) is 111 cm³/mol. The number of aromatic hydroxyl groups is 1. The Morgan fingerprint density at radius 2 is 1.85 bits per heavy atom. The van der Waals surface area contributed by atoms with Crippen molar-refractivity contribution in [3.63, 3.8) is 0 Å². The number of carbonyl (C=O) groups excluding carboxylic acids is 1. The Bertz CT molecular complexity index is 964. The number of thiocarbonyl (C=S) groups is 1. The van der Waals surface area contributed by atoms with Crippen molar-refractivity contribution in [1.29, 1.82) is 0 Å². The first-order valence-electron chi connectivity index (χ1n) is 8.22. The summed E-state index contributed by atoms with van der Waals surface area (Å²) >= 11 is 6.47. The van der Waals surface area contributed by atoms with Gasteiger partial charge in [-0.3, -0.25) is 9.69 Å². The van der Waals surface area contributed by atoms with E-state index in [0.29, 0.717) is 20.8 Å². The molecule has 1 aliphatic heterocycles. The smallest absolute Gasteiger partial charge is 0.339 e. The highest BCUT2D eigenvalue weighted by atomic mass is 32.2. The van der Waals surface area contributed by atoms with E-state index in [1.807, 2.05) is 24.3 Å². The van der Waals surface area contributed by atoms with Crippen LogP contribution < -0.4 is 4.90 Å². The zero-order chi connectivity index (χ0) is 19.7. The van der Waals surface area contributed by atoms with E-state index in [4.69, 9.17) is 17.3 Å². The predicted octanol–water partition coefficient (Wildman–Crippen LogP) is 4.62. The fourth-order valence-corrected chi connectivity index (χ4v) is 3.96. The van der Waals surface area contributed by atoms with Crippen LogP contribution in [0.25, 0.3) is 6.08 Å². The van der Waals surface area contributed by atoms with Gasteiger partial charge in [0.2, 0.25) is 0 Å². The van der Waals surface area contributed by atoms with Crippen LogP contribution in [0.4, 0.5) is 5.69 Å². The molecule has 1 heterocycles. The molecule has 2 aromatic rings. The van der Waals surface area contributed by atoms with Gasteiger partial charge in [0.1, 0.15) is 11.3 Å². The van der Waals surface area contributed by atoms with Crippen LogP contribution in [0.15, 0.2) is 47.4 Å². The highest BCUT2D eigenvalue weighted by Gasteiger charge is 2.33. The molecule has 3 rings (SSSR count). The molecule has 1 aliphatic rings. The summed E-state index contributed by atoms with van der Waals surface area (Å²) in [5.41, 5.74) is 2.21. The third-order valence-electron chi connectivity index (χ3n) is 4.16. The molecule has 27 heavy (non-hydrogen) atoms. The molecule has 0 aromatic heterocycles. The number of hydrogen-bond donors (Lipinski definition) is 2. The van der Waals surface area contributed by atoms with E-state index in [1.54, 1.807) is 6.08 Å². The Hall–Kier alpha value is -2.64. The average molecular weight is 399 g/mol. The van der Waals surface area contributed by atoms with Crippen LogP contribution in [-0.4, -0.2) is 26.4 Å². The van der Waals surface area contributed by atoms with Crippen molar-refractivity contribution >= 4 is 51.9 Å². The van der Waals surface area contributed by atoms with Gasteiger partial charge in [0.25, 0.3) is 5.91 Å². The largest absolute Gasteiger partial charge is 0.507 e. The number of nitrogens with zero attached hydrogens (tertiary/aromatic N) is 1. The Morgan fingerprint density at radius 1 is 1.19 bits per heavy atom. The van der Waals surface area contributed by atoms with Crippen molar-refractivity contribution in [2.45, 2.75) is 19.8 Å². The molecule has 1 fully saturated rings. The second-order valence-electron chi connectivity index (χ2n) is 6.35. The normalized spacial score (nSPS) is 15.8. The maximum Gasteiger partial charge on any atom is 0.339 e. The molecule has 1 amide bonds. The minimum absolute atomic E-state index is 0.232. The lowest BCUT2D eigenvalue weighted by Crippen LogP contribution is -2.27. The van der Waals surface area contributed by atoms with Gasteiger partial charge in [-0.1, -0.05) is 62.1 Å². The van der Waals surface area contributed by atoms with Crippen LogP contribution in [0.5, 0.6) is 5.75 Å². The average Bonchev–Trinajstić information content (AvgIpc) is 2.88. The van der Waals surface area contributed by atoms with E-state index >= 15 is 0 Å². The molecule has 0 spiro atoms. The SMILES string of the molecule is CC(C)c1ccc(/C=C2\SC(=S)N(c3ccc(C(=O)O)c(O)c3)C2=O)cc1. The number of phenols is 1. The van der Waals surface area contributed by atoms with Crippen molar-refractivity contribution in [3.05, 3.63) is 64.1 Å². The van der Waals surface area contributed by atoms with E-state index < -0.39 is 11.7 Å². The van der Waals surface area contributed by atoms with E-state index in [-0.39, 0.29) is 11.5 Å². The summed E-state index contributed by atoms with van der Waals surface area (Å²) in [7, 11) is 0. The molecule has 7 heteroatoms. The number of aromatic carboxylic acids is 1. The Kier molecular flexibility index (Phi) is 5.34. The highest BCUT2D eigenvalue weighted by molar-refractivity contribution is 8.27. The number of hydrogen-bond acceptors (Lipinski definition) is 5. The molecule has 5 nitrogen and oxygen atoms in total. The fourth-order valence-electron chi connectivity index (χ4n) is 2.66. The Morgan fingerprint density at radius 3 is 2.41 bits per heavy atom. The van der Waals surface area contributed by atoms with Gasteiger partial charge in [-0.2, -0.15) is 0 Å². The first-order valence-corrected chi connectivity index (χ1v) is 9.44. The first-order chi connectivity index (χ1) is 12.8. The van der Waals surface area contributed by atoms with E-state index in [0.717, 1.165) is 5.56 Å². The van der Waals surface area contributed by atoms with Gasteiger partial charge in [0, 0.05) is 6.07 Å². The number of rotatable bonds is 4. The van der Waals surface area contributed by atoms with E-state index in [9.17, 15) is 14.7 Å². The quantitative estimate of drug-likeness (QED) is 0.577. The summed E-state index contributed by atoms with van der Waals surface area (Å²) in [4.78, 5) is 25.6. The molecule has 0 bridgehead atoms. The topological polar surface area (TPSA) is 77.8 Å². The molecular weight excluding hydrogens is 382 g/mol. The maximum absolute atomic E-state index is 12.8. The third kappa shape index (κ3) is 3.89. The van der Waals surface area contributed by atoms with E-state index in [2.05, 4.69) is 13.8 Å². The Labute approximate surface area is 166 Å². The number of carbonyl (C=O) groups is 2. The molecule has 0 unspecified atom stereocenters. The lowest BCUT2D eigenvalue weighted by atomic mass is 10.0. The van der Waals surface area contributed by atoms with Crippen LogP contribution in [0, 0.1) is 0 Å². The van der Waals surface area contributed by atoms with Gasteiger partial charge in [-0.05, 0) is 35.3 Å². The number of anilines is 1. The highest BCUT2D eigenvalue weighted by Crippen LogP contribution is 2.37. The standard InChI is InChI=1S/C20H17NO4S2/c1-11(2)13-5-3-12(4-6-13)9-17-18(23)21(20(26)27-17)14-7-8-15(19(24)25)16(22)10-14/h3-11,22H,1-2H3,(H,24,25)/b17-9-. The molecule has 0 radical (unpaired) electrons. The van der Waals surface area contributed by atoms with Gasteiger partial charge in [0.05, 0.1) is 10.6 Å². The van der Waals surface area contributed by atoms with Crippen molar-refractivity contribution in [2.75, 3.05) is 4.90 Å². The van der Waals surface area contributed by atoms with Gasteiger partial charge in [-0.15, -0.1) is 0 Å². The number of amides is 1. The van der Waals surface area contributed by atoms with Crippen LogP contribution in [0.1, 0.15) is 41.3 Å². The lowest BCUT2D eigenvalue weighted by molar-refractivity contribution is -0.113. The molecular formula is C20H17NO4S2. The summed E-state index contributed by atoms with van der Waals surface area (Å²) in [5.74, 6) is -1.53. The van der Waals surface area contributed by atoms with Gasteiger partial charge < -0.3 is 10.2 Å². The second kappa shape index (κ2) is 7.54. The van der Waals surface area contributed by atoms with Crippen LogP contribution in [0.3, 0.4) is 0 Å². The minimum atomic E-state index is -1.24.